The number of nitrogens with one attached hydrogen (secondary N) is 1. The van der Waals surface area contributed by atoms with Gasteiger partial charge in [0.1, 0.15) is 0 Å². The first-order chi connectivity index (χ1) is 6.74. The predicted molar refractivity (Wildman–Crippen MR) is 55.2 cm³/mol. The Hall–Kier alpha value is -1.06. The van der Waals surface area contributed by atoms with Crippen LogP contribution in [-0.2, 0) is 4.74 Å². The maximum absolute atomic E-state index is 11.0. The third-order valence-electron chi connectivity index (χ3n) is 2.46. The van der Waals surface area contributed by atoms with Crippen LogP contribution in [0.15, 0.2) is 5.10 Å². The Morgan fingerprint density at radius 3 is 3.07 bits per heavy atom. The normalized spacial score (nSPS) is 24.7. The van der Waals surface area contributed by atoms with Crippen LogP contribution in [0.4, 0.5) is 4.79 Å². The van der Waals surface area contributed by atoms with Crippen LogP contribution >= 0.6 is 0 Å². The van der Waals surface area contributed by atoms with Gasteiger partial charge in [-0.1, -0.05) is 13.3 Å². The molecular weight excluding hydrogens is 180 g/mol. The van der Waals surface area contributed by atoms with Crippen molar-refractivity contribution in [1.29, 1.82) is 0 Å². The van der Waals surface area contributed by atoms with E-state index < -0.39 is 6.09 Å². The number of hydrogen-bond acceptors (Lipinski definition) is 3. The third kappa shape index (κ3) is 3.36. The predicted octanol–water partition coefficient (Wildman–Crippen LogP) is 2.30. The zero-order valence-corrected chi connectivity index (χ0v) is 8.88. The number of amides is 1. The average molecular weight is 198 g/mol. The smallest absolute Gasteiger partial charge is 0.427 e. The molecule has 1 fully saturated rings. The van der Waals surface area contributed by atoms with Crippen molar-refractivity contribution in [2.45, 2.75) is 39.5 Å². The molecule has 1 aliphatic carbocycles. The van der Waals surface area contributed by atoms with Gasteiger partial charge in [-0.2, -0.15) is 5.10 Å². The Kier molecular flexibility index (Phi) is 4.43. The van der Waals surface area contributed by atoms with Gasteiger partial charge in [0, 0.05) is 5.71 Å². The summed E-state index contributed by atoms with van der Waals surface area (Å²) in [5.74, 6) is 0.491. The second-order valence-electron chi connectivity index (χ2n) is 3.58. The number of ether oxygens (including phenoxy) is 1. The van der Waals surface area contributed by atoms with E-state index >= 15 is 0 Å². The second kappa shape index (κ2) is 5.62. The first-order valence-corrected chi connectivity index (χ1v) is 5.23. The van der Waals surface area contributed by atoms with E-state index in [0.717, 1.165) is 12.1 Å². The van der Waals surface area contributed by atoms with Gasteiger partial charge >= 0.3 is 6.09 Å². The molecule has 4 heteroatoms. The molecule has 0 heterocycles. The quantitative estimate of drug-likeness (QED) is 0.692. The van der Waals surface area contributed by atoms with Crippen LogP contribution in [0, 0.1) is 5.92 Å². The summed E-state index contributed by atoms with van der Waals surface area (Å²) in [5.41, 5.74) is 3.50. The number of carbonyl (C=O) groups excluding carboxylic acids is 1. The van der Waals surface area contributed by atoms with Crippen LogP contribution in [0.3, 0.4) is 0 Å². The Morgan fingerprint density at radius 1 is 1.64 bits per heavy atom. The van der Waals surface area contributed by atoms with Crippen LogP contribution in [-0.4, -0.2) is 18.4 Å². The van der Waals surface area contributed by atoms with Crippen molar-refractivity contribution in [1.82, 2.24) is 5.43 Å². The first kappa shape index (κ1) is 11.0. The van der Waals surface area contributed by atoms with Crippen molar-refractivity contribution in [3.63, 3.8) is 0 Å². The molecule has 0 spiro atoms. The Bertz CT molecular complexity index is 226. The Morgan fingerprint density at radius 2 is 2.43 bits per heavy atom. The van der Waals surface area contributed by atoms with Crippen molar-refractivity contribution in [2.75, 3.05) is 6.61 Å². The average Bonchev–Trinajstić information content (AvgIpc) is 2.17. The third-order valence-corrected chi connectivity index (χ3v) is 2.46. The van der Waals surface area contributed by atoms with Gasteiger partial charge in [-0.3, -0.25) is 0 Å². The van der Waals surface area contributed by atoms with Crippen molar-refractivity contribution in [2.24, 2.45) is 11.0 Å². The summed E-state index contributed by atoms with van der Waals surface area (Å²) >= 11 is 0. The molecule has 0 aromatic heterocycles. The maximum Gasteiger partial charge on any atom is 0.427 e. The molecule has 0 aliphatic heterocycles. The molecule has 1 aliphatic rings. The molecule has 1 rings (SSSR count). The molecule has 0 aromatic rings. The highest BCUT2D eigenvalue weighted by molar-refractivity contribution is 5.87. The summed E-state index contributed by atoms with van der Waals surface area (Å²) in [6, 6.07) is 0. The lowest BCUT2D eigenvalue weighted by molar-refractivity contribution is 0.152. The molecule has 1 N–H and O–H groups in total. The van der Waals surface area contributed by atoms with Crippen molar-refractivity contribution in [3.05, 3.63) is 0 Å². The van der Waals surface area contributed by atoms with E-state index in [0.29, 0.717) is 12.5 Å². The van der Waals surface area contributed by atoms with Gasteiger partial charge in [0.25, 0.3) is 0 Å². The fraction of sp³-hybridized carbons (Fsp3) is 0.800. The summed E-state index contributed by atoms with van der Waals surface area (Å²) in [7, 11) is 0. The van der Waals surface area contributed by atoms with Gasteiger partial charge in [-0.15, -0.1) is 0 Å². The van der Waals surface area contributed by atoms with Gasteiger partial charge < -0.3 is 4.74 Å². The largest absolute Gasteiger partial charge is 0.449 e. The van der Waals surface area contributed by atoms with Crippen LogP contribution in [0.1, 0.15) is 39.5 Å². The minimum absolute atomic E-state index is 0.381. The van der Waals surface area contributed by atoms with Gasteiger partial charge in [0.2, 0.25) is 0 Å². The van der Waals surface area contributed by atoms with Crippen molar-refractivity contribution >= 4 is 11.8 Å². The molecule has 1 amide bonds. The Balaban J connectivity index is 2.38. The maximum atomic E-state index is 11.0. The van der Waals surface area contributed by atoms with Crippen molar-refractivity contribution < 1.29 is 9.53 Å². The van der Waals surface area contributed by atoms with Gasteiger partial charge in [-0.05, 0) is 32.1 Å². The molecule has 0 radical (unpaired) electrons. The zero-order chi connectivity index (χ0) is 10.4. The van der Waals surface area contributed by atoms with Crippen LogP contribution < -0.4 is 5.43 Å². The zero-order valence-electron chi connectivity index (χ0n) is 8.88. The highest BCUT2D eigenvalue weighted by Crippen LogP contribution is 2.20. The summed E-state index contributed by atoms with van der Waals surface area (Å²) in [6.07, 6.45) is 4.14. The molecule has 14 heavy (non-hydrogen) atoms. The van der Waals surface area contributed by atoms with Gasteiger partial charge in [0.05, 0.1) is 6.61 Å². The van der Waals surface area contributed by atoms with E-state index in [1.165, 1.54) is 19.3 Å². The summed E-state index contributed by atoms with van der Waals surface area (Å²) in [5, 5.41) is 4.07. The number of carbonyl (C=O) groups is 1. The molecule has 4 nitrogen and oxygen atoms in total. The minimum Gasteiger partial charge on any atom is -0.449 e. The molecule has 0 saturated heterocycles. The minimum atomic E-state index is -0.460. The van der Waals surface area contributed by atoms with Gasteiger partial charge in [0.15, 0.2) is 0 Å². The lowest BCUT2D eigenvalue weighted by atomic mass is 9.89. The molecule has 0 aromatic carbocycles. The van der Waals surface area contributed by atoms with Crippen LogP contribution in [0.5, 0.6) is 0 Å². The summed E-state index contributed by atoms with van der Waals surface area (Å²) < 4.78 is 4.71. The van der Waals surface area contributed by atoms with E-state index in [2.05, 4.69) is 17.5 Å². The van der Waals surface area contributed by atoms with E-state index in [-0.39, 0.29) is 0 Å². The highest BCUT2D eigenvalue weighted by atomic mass is 16.5. The lowest BCUT2D eigenvalue weighted by Gasteiger charge is -2.19. The summed E-state index contributed by atoms with van der Waals surface area (Å²) in [6.45, 7) is 4.30. The van der Waals surface area contributed by atoms with Crippen LogP contribution in [0.25, 0.3) is 0 Å². The molecule has 80 valence electrons. The highest BCUT2D eigenvalue weighted by Gasteiger charge is 2.15. The van der Waals surface area contributed by atoms with Crippen LogP contribution in [0.2, 0.25) is 0 Å². The molecule has 1 unspecified atom stereocenters. The number of nitrogens with zero attached hydrogens (tertiary/aromatic N) is 1. The fourth-order valence-electron chi connectivity index (χ4n) is 1.62. The topological polar surface area (TPSA) is 50.7 Å². The standard InChI is InChI=1S/C10H18N2O2/c1-3-14-10(13)12-11-9-7-5-4-6-8(9)2/h8H,3-7H2,1-2H3,(H,12,13)/b11-9-. The van der Waals surface area contributed by atoms with E-state index in [9.17, 15) is 4.79 Å². The fourth-order valence-corrected chi connectivity index (χ4v) is 1.62. The molecule has 0 bridgehead atoms. The van der Waals surface area contributed by atoms with Gasteiger partial charge in [-0.25, -0.2) is 10.2 Å². The monoisotopic (exact) mass is 198 g/mol. The van der Waals surface area contributed by atoms with E-state index in [1.54, 1.807) is 6.92 Å². The Labute approximate surface area is 84.7 Å². The van der Waals surface area contributed by atoms with E-state index in [4.69, 9.17) is 4.74 Å². The molecular formula is C10H18N2O2. The SMILES string of the molecule is CCOC(=O)N/N=C1/CCCCC1C. The second-order valence-corrected chi connectivity index (χ2v) is 3.58. The first-order valence-electron chi connectivity index (χ1n) is 5.23. The lowest BCUT2D eigenvalue weighted by Crippen LogP contribution is -2.24. The van der Waals surface area contributed by atoms with E-state index in [1.807, 2.05) is 0 Å². The number of hydrazone groups is 1. The molecule has 1 saturated carbocycles. The number of rotatable bonds is 2. The number of hydrogen-bond donors (Lipinski definition) is 1. The van der Waals surface area contributed by atoms with Crippen molar-refractivity contribution in [3.8, 4) is 0 Å². The summed E-state index contributed by atoms with van der Waals surface area (Å²) in [4.78, 5) is 11.0. The molecule has 1 atom stereocenters.